The van der Waals surface area contributed by atoms with Gasteiger partial charge in [0, 0.05) is 5.69 Å². The number of ether oxygens (including phenoxy) is 1. The zero-order valence-electron chi connectivity index (χ0n) is 13.0. The molecule has 1 amide bonds. The lowest BCUT2D eigenvalue weighted by molar-refractivity contribution is -0.118. The van der Waals surface area contributed by atoms with Crippen molar-refractivity contribution in [2.24, 2.45) is 0 Å². The van der Waals surface area contributed by atoms with Crippen molar-refractivity contribution in [2.45, 2.75) is 13.8 Å². The van der Waals surface area contributed by atoms with E-state index in [2.05, 4.69) is 15.3 Å². The fraction of sp³-hybridized carbons (Fsp3) is 0.167. The normalized spacial score (nSPS) is 10.5. The molecule has 0 atom stereocenters. The molecule has 0 fully saturated rings. The van der Waals surface area contributed by atoms with Crippen LogP contribution in [-0.2, 0) is 4.79 Å². The van der Waals surface area contributed by atoms with E-state index in [4.69, 9.17) is 4.74 Å². The summed E-state index contributed by atoms with van der Waals surface area (Å²) in [6.45, 7) is 3.82. The number of nitrogens with one attached hydrogen (secondary N) is 1. The van der Waals surface area contributed by atoms with Crippen molar-refractivity contribution in [3.63, 3.8) is 0 Å². The summed E-state index contributed by atoms with van der Waals surface area (Å²) in [5.74, 6) is 0.192. The molecule has 5 heteroatoms. The standard InChI is InChI=1S/C18H17N3O2/c1-12-6-5-7-13(2)17(12)21-16(22)10-23-18-14-8-3-4-9-15(14)19-11-20-18/h3-9,11H,10H2,1-2H3,(H,21,22). The first kappa shape index (κ1) is 15.0. The summed E-state index contributed by atoms with van der Waals surface area (Å²) < 4.78 is 5.57. The summed E-state index contributed by atoms with van der Waals surface area (Å²) >= 11 is 0. The number of anilines is 1. The van der Waals surface area contributed by atoms with E-state index < -0.39 is 0 Å². The highest BCUT2D eigenvalue weighted by Crippen LogP contribution is 2.21. The molecule has 0 spiro atoms. The van der Waals surface area contributed by atoms with Crippen LogP contribution in [0.2, 0.25) is 0 Å². The Kier molecular flexibility index (Phi) is 4.19. The van der Waals surface area contributed by atoms with Gasteiger partial charge in [0.1, 0.15) is 6.33 Å². The smallest absolute Gasteiger partial charge is 0.262 e. The third kappa shape index (κ3) is 3.29. The van der Waals surface area contributed by atoms with Gasteiger partial charge in [0.25, 0.3) is 5.91 Å². The Morgan fingerprint density at radius 1 is 1.04 bits per heavy atom. The monoisotopic (exact) mass is 307 g/mol. The molecule has 5 nitrogen and oxygen atoms in total. The second-order valence-electron chi connectivity index (χ2n) is 5.30. The van der Waals surface area contributed by atoms with Crippen LogP contribution in [0, 0.1) is 13.8 Å². The summed E-state index contributed by atoms with van der Waals surface area (Å²) in [6, 6.07) is 13.4. The Labute approximate surface area is 134 Å². The lowest BCUT2D eigenvalue weighted by atomic mass is 10.1. The van der Waals surface area contributed by atoms with Crippen LogP contribution < -0.4 is 10.1 Å². The molecule has 0 radical (unpaired) electrons. The highest BCUT2D eigenvalue weighted by molar-refractivity contribution is 5.93. The molecular weight excluding hydrogens is 290 g/mol. The summed E-state index contributed by atoms with van der Waals surface area (Å²) in [7, 11) is 0. The molecule has 1 aromatic heterocycles. The van der Waals surface area contributed by atoms with Crippen molar-refractivity contribution in [1.82, 2.24) is 9.97 Å². The quantitative estimate of drug-likeness (QED) is 0.803. The van der Waals surface area contributed by atoms with Crippen LogP contribution in [0.15, 0.2) is 48.8 Å². The second-order valence-corrected chi connectivity index (χ2v) is 5.30. The maximum absolute atomic E-state index is 12.1. The number of carbonyl (C=O) groups excluding carboxylic acids is 1. The number of para-hydroxylation sites is 2. The van der Waals surface area contributed by atoms with Crippen LogP contribution in [0.5, 0.6) is 5.88 Å². The number of benzene rings is 2. The average Bonchev–Trinajstić information content (AvgIpc) is 2.56. The van der Waals surface area contributed by atoms with Gasteiger partial charge in [-0.25, -0.2) is 9.97 Å². The van der Waals surface area contributed by atoms with Gasteiger partial charge < -0.3 is 10.1 Å². The predicted molar refractivity (Wildman–Crippen MR) is 89.6 cm³/mol. The molecule has 0 unspecified atom stereocenters. The molecule has 0 saturated carbocycles. The minimum atomic E-state index is -0.218. The van der Waals surface area contributed by atoms with E-state index in [0.717, 1.165) is 27.7 Å². The fourth-order valence-electron chi connectivity index (χ4n) is 2.42. The molecule has 3 aromatic rings. The van der Waals surface area contributed by atoms with Gasteiger partial charge in [-0.3, -0.25) is 4.79 Å². The molecule has 0 saturated heterocycles. The van der Waals surface area contributed by atoms with Gasteiger partial charge in [-0.05, 0) is 37.1 Å². The van der Waals surface area contributed by atoms with E-state index in [-0.39, 0.29) is 12.5 Å². The Hall–Kier alpha value is -2.95. The molecular formula is C18H17N3O2. The van der Waals surface area contributed by atoms with Gasteiger partial charge in [0.15, 0.2) is 6.61 Å². The van der Waals surface area contributed by atoms with Crippen molar-refractivity contribution in [2.75, 3.05) is 11.9 Å². The fourth-order valence-corrected chi connectivity index (χ4v) is 2.42. The molecule has 23 heavy (non-hydrogen) atoms. The van der Waals surface area contributed by atoms with Gasteiger partial charge in [0.05, 0.1) is 10.9 Å². The second kappa shape index (κ2) is 6.44. The summed E-state index contributed by atoms with van der Waals surface area (Å²) in [6.07, 6.45) is 1.43. The van der Waals surface area contributed by atoms with Gasteiger partial charge in [0.2, 0.25) is 5.88 Å². The average molecular weight is 307 g/mol. The van der Waals surface area contributed by atoms with E-state index in [1.807, 2.05) is 56.3 Å². The summed E-state index contributed by atoms with van der Waals surface area (Å²) in [5, 5.41) is 3.68. The highest BCUT2D eigenvalue weighted by atomic mass is 16.5. The van der Waals surface area contributed by atoms with E-state index in [1.165, 1.54) is 6.33 Å². The van der Waals surface area contributed by atoms with Crippen LogP contribution in [0.25, 0.3) is 10.9 Å². The summed E-state index contributed by atoms with van der Waals surface area (Å²) in [4.78, 5) is 20.4. The predicted octanol–water partition coefficient (Wildman–Crippen LogP) is 3.26. The van der Waals surface area contributed by atoms with Gasteiger partial charge >= 0.3 is 0 Å². The maximum atomic E-state index is 12.1. The number of amides is 1. The van der Waals surface area contributed by atoms with Crippen molar-refractivity contribution in [3.8, 4) is 5.88 Å². The lowest BCUT2D eigenvalue weighted by Crippen LogP contribution is -2.21. The molecule has 116 valence electrons. The Balaban J connectivity index is 1.71. The lowest BCUT2D eigenvalue weighted by Gasteiger charge is -2.12. The van der Waals surface area contributed by atoms with Crippen LogP contribution in [0.4, 0.5) is 5.69 Å². The Morgan fingerprint density at radius 2 is 1.78 bits per heavy atom. The molecule has 2 aromatic carbocycles. The number of carbonyl (C=O) groups is 1. The molecule has 0 aliphatic carbocycles. The molecule has 0 aliphatic heterocycles. The van der Waals surface area contributed by atoms with Gasteiger partial charge in [-0.1, -0.05) is 30.3 Å². The number of aryl methyl sites for hydroxylation is 2. The first-order valence-corrected chi connectivity index (χ1v) is 7.34. The van der Waals surface area contributed by atoms with Crippen molar-refractivity contribution in [1.29, 1.82) is 0 Å². The number of rotatable bonds is 4. The third-order valence-corrected chi connectivity index (χ3v) is 3.59. The van der Waals surface area contributed by atoms with Crippen LogP contribution in [-0.4, -0.2) is 22.5 Å². The number of hydrogen-bond donors (Lipinski definition) is 1. The molecule has 3 rings (SSSR count). The number of fused-ring (bicyclic) bond motifs is 1. The van der Waals surface area contributed by atoms with Crippen molar-refractivity contribution in [3.05, 3.63) is 59.9 Å². The summed E-state index contributed by atoms with van der Waals surface area (Å²) in [5.41, 5.74) is 3.65. The van der Waals surface area contributed by atoms with Gasteiger partial charge in [-0.2, -0.15) is 0 Å². The van der Waals surface area contributed by atoms with Crippen molar-refractivity contribution >= 4 is 22.5 Å². The van der Waals surface area contributed by atoms with Gasteiger partial charge in [-0.15, -0.1) is 0 Å². The highest BCUT2D eigenvalue weighted by Gasteiger charge is 2.10. The van der Waals surface area contributed by atoms with E-state index in [0.29, 0.717) is 5.88 Å². The van der Waals surface area contributed by atoms with E-state index in [1.54, 1.807) is 0 Å². The van der Waals surface area contributed by atoms with Crippen LogP contribution in [0.3, 0.4) is 0 Å². The van der Waals surface area contributed by atoms with Crippen LogP contribution in [0.1, 0.15) is 11.1 Å². The third-order valence-electron chi connectivity index (χ3n) is 3.59. The van der Waals surface area contributed by atoms with E-state index in [9.17, 15) is 4.79 Å². The topological polar surface area (TPSA) is 64.1 Å². The number of aromatic nitrogens is 2. The first-order valence-electron chi connectivity index (χ1n) is 7.34. The first-order chi connectivity index (χ1) is 11.1. The largest absolute Gasteiger partial charge is 0.467 e. The SMILES string of the molecule is Cc1cccc(C)c1NC(=O)COc1ncnc2ccccc12. The molecule has 1 heterocycles. The van der Waals surface area contributed by atoms with Crippen molar-refractivity contribution < 1.29 is 9.53 Å². The zero-order chi connectivity index (χ0) is 16.2. The zero-order valence-corrected chi connectivity index (χ0v) is 13.0. The molecule has 0 bridgehead atoms. The minimum absolute atomic E-state index is 0.102. The number of nitrogens with zero attached hydrogens (tertiary/aromatic N) is 2. The van der Waals surface area contributed by atoms with Crippen LogP contribution >= 0.6 is 0 Å². The molecule has 0 aliphatic rings. The maximum Gasteiger partial charge on any atom is 0.262 e. The Bertz CT molecular complexity index is 836. The number of hydrogen-bond acceptors (Lipinski definition) is 4. The minimum Gasteiger partial charge on any atom is -0.467 e. The Morgan fingerprint density at radius 3 is 2.57 bits per heavy atom. The molecule has 1 N–H and O–H groups in total. The van der Waals surface area contributed by atoms with E-state index >= 15 is 0 Å².